The highest BCUT2D eigenvalue weighted by Crippen LogP contribution is 2.34. The van der Waals surface area contributed by atoms with E-state index in [0.29, 0.717) is 48.9 Å². The normalized spacial score (nSPS) is 12.6. The Balaban J connectivity index is 1.36. The number of rotatable bonds is 9. The van der Waals surface area contributed by atoms with Crippen LogP contribution in [0, 0.1) is 0 Å². The van der Waals surface area contributed by atoms with Crippen LogP contribution in [0.4, 0.5) is 0 Å². The summed E-state index contributed by atoms with van der Waals surface area (Å²) >= 11 is 0. The van der Waals surface area contributed by atoms with E-state index in [1.165, 1.54) is 5.56 Å². The van der Waals surface area contributed by atoms with Gasteiger partial charge in [-0.15, -0.1) is 0 Å². The smallest absolute Gasteiger partial charge is 0.260 e. The number of nitrogens with zero attached hydrogens (tertiary/aromatic N) is 1. The summed E-state index contributed by atoms with van der Waals surface area (Å²) in [4.78, 5) is 27.1. The predicted molar refractivity (Wildman–Crippen MR) is 130 cm³/mol. The highest BCUT2D eigenvalue weighted by molar-refractivity contribution is 6.09. The van der Waals surface area contributed by atoms with Gasteiger partial charge in [-0.1, -0.05) is 30.3 Å². The van der Waals surface area contributed by atoms with E-state index >= 15 is 0 Å². The molecule has 0 aliphatic carbocycles. The summed E-state index contributed by atoms with van der Waals surface area (Å²) in [5, 5.41) is 0. The topological polar surface area (TPSA) is 65.1 Å². The molecule has 0 spiro atoms. The van der Waals surface area contributed by atoms with Crippen molar-refractivity contribution in [3.8, 4) is 17.2 Å². The standard InChI is InChI=1S/C28H29NO5/c1-3-32-25-16-22-14-15-29(18-23(22)17-26(25)33-4-2)27(30)19-34-24-12-10-21(11-13-24)28(31)20-8-6-5-7-9-20/h5-13,16-17H,3-4,14-15,18-19H2,1-2H3. The number of carbonyl (C=O) groups excluding carboxylic acids is 2. The number of carbonyl (C=O) groups is 2. The van der Waals surface area contributed by atoms with Gasteiger partial charge in [0.15, 0.2) is 23.9 Å². The van der Waals surface area contributed by atoms with Gasteiger partial charge in [-0.25, -0.2) is 0 Å². The van der Waals surface area contributed by atoms with E-state index in [1.54, 1.807) is 41.3 Å². The minimum atomic E-state index is -0.0815. The second-order valence-electron chi connectivity index (χ2n) is 8.01. The quantitative estimate of drug-likeness (QED) is 0.435. The fraction of sp³-hybridized carbons (Fsp3) is 0.286. The van der Waals surface area contributed by atoms with Crippen LogP contribution in [0.15, 0.2) is 66.7 Å². The highest BCUT2D eigenvalue weighted by Gasteiger charge is 2.23. The summed E-state index contributed by atoms with van der Waals surface area (Å²) in [6.07, 6.45) is 0.754. The molecule has 3 aromatic rings. The molecule has 1 heterocycles. The molecule has 1 aliphatic heterocycles. The molecule has 0 bridgehead atoms. The number of hydrogen-bond acceptors (Lipinski definition) is 5. The van der Waals surface area contributed by atoms with Crippen molar-refractivity contribution in [3.63, 3.8) is 0 Å². The zero-order valence-corrected chi connectivity index (χ0v) is 19.6. The van der Waals surface area contributed by atoms with Crippen LogP contribution in [-0.4, -0.2) is 43.0 Å². The van der Waals surface area contributed by atoms with E-state index in [9.17, 15) is 9.59 Å². The number of ether oxygens (including phenoxy) is 3. The van der Waals surface area contributed by atoms with Gasteiger partial charge < -0.3 is 19.1 Å². The number of benzene rings is 3. The van der Waals surface area contributed by atoms with Crippen LogP contribution in [0.25, 0.3) is 0 Å². The van der Waals surface area contributed by atoms with Crippen molar-refractivity contribution in [2.75, 3.05) is 26.4 Å². The molecule has 176 valence electrons. The number of fused-ring (bicyclic) bond motifs is 1. The Morgan fingerprint density at radius 1 is 0.794 bits per heavy atom. The first-order valence-corrected chi connectivity index (χ1v) is 11.6. The first kappa shape index (κ1) is 23.4. The van der Waals surface area contributed by atoms with Crippen molar-refractivity contribution in [3.05, 3.63) is 89.0 Å². The second kappa shape index (κ2) is 10.9. The maximum Gasteiger partial charge on any atom is 0.260 e. The van der Waals surface area contributed by atoms with Gasteiger partial charge in [0.1, 0.15) is 5.75 Å². The van der Waals surface area contributed by atoms with Crippen LogP contribution in [0.2, 0.25) is 0 Å². The Morgan fingerprint density at radius 3 is 2.06 bits per heavy atom. The predicted octanol–water partition coefficient (Wildman–Crippen LogP) is 4.68. The summed E-state index contributed by atoms with van der Waals surface area (Å²) in [7, 11) is 0. The van der Waals surface area contributed by atoms with E-state index in [-0.39, 0.29) is 18.3 Å². The van der Waals surface area contributed by atoms with Gasteiger partial charge in [-0.2, -0.15) is 0 Å². The van der Waals surface area contributed by atoms with E-state index < -0.39 is 0 Å². The summed E-state index contributed by atoms with van der Waals surface area (Å²) in [6, 6.07) is 20.0. The van der Waals surface area contributed by atoms with Crippen LogP contribution in [0.3, 0.4) is 0 Å². The Hall–Kier alpha value is -3.80. The van der Waals surface area contributed by atoms with Crippen molar-refractivity contribution < 1.29 is 23.8 Å². The first-order valence-electron chi connectivity index (χ1n) is 11.6. The fourth-order valence-corrected chi connectivity index (χ4v) is 4.01. The van der Waals surface area contributed by atoms with E-state index in [2.05, 4.69) is 0 Å². The average Bonchev–Trinajstić information content (AvgIpc) is 2.88. The van der Waals surface area contributed by atoms with E-state index in [1.807, 2.05) is 44.2 Å². The molecule has 0 radical (unpaired) electrons. The SMILES string of the molecule is CCOc1cc2c(cc1OCC)CN(C(=O)COc1ccc(C(=O)c3ccccc3)cc1)CC2. The molecular weight excluding hydrogens is 430 g/mol. The van der Waals surface area contributed by atoms with Gasteiger partial charge in [-0.05, 0) is 67.8 Å². The van der Waals surface area contributed by atoms with Crippen LogP contribution in [-0.2, 0) is 17.8 Å². The molecule has 1 aliphatic rings. The molecule has 34 heavy (non-hydrogen) atoms. The molecule has 0 N–H and O–H groups in total. The van der Waals surface area contributed by atoms with Gasteiger partial charge in [0.25, 0.3) is 5.91 Å². The van der Waals surface area contributed by atoms with Gasteiger partial charge in [0, 0.05) is 24.2 Å². The molecular formula is C28H29NO5. The third-order valence-electron chi connectivity index (χ3n) is 5.75. The zero-order valence-electron chi connectivity index (χ0n) is 19.6. The summed E-state index contributed by atoms with van der Waals surface area (Å²) < 4.78 is 17.2. The molecule has 6 nitrogen and oxygen atoms in total. The zero-order chi connectivity index (χ0) is 23.9. The lowest BCUT2D eigenvalue weighted by Crippen LogP contribution is -2.38. The van der Waals surface area contributed by atoms with Gasteiger partial charge >= 0.3 is 0 Å². The molecule has 0 saturated heterocycles. The lowest BCUT2D eigenvalue weighted by atomic mass is 9.98. The second-order valence-corrected chi connectivity index (χ2v) is 8.01. The Labute approximate surface area is 200 Å². The third kappa shape index (κ3) is 5.39. The number of amides is 1. The van der Waals surface area contributed by atoms with E-state index in [0.717, 1.165) is 17.7 Å². The lowest BCUT2D eigenvalue weighted by Gasteiger charge is -2.29. The maximum atomic E-state index is 12.8. The molecule has 1 amide bonds. The van der Waals surface area contributed by atoms with Crippen molar-refractivity contribution >= 4 is 11.7 Å². The van der Waals surface area contributed by atoms with Crippen molar-refractivity contribution in [2.45, 2.75) is 26.8 Å². The molecule has 0 unspecified atom stereocenters. The molecule has 0 aromatic heterocycles. The molecule has 4 rings (SSSR count). The average molecular weight is 460 g/mol. The lowest BCUT2D eigenvalue weighted by molar-refractivity contribution is -0.134. The molecule has 3 aromatic carbocycles. The van der Waals surface area contributed by atoms with Crippen LogP contribution >= 0.6 is 0 Å². The molecule has 0 fully saturated rings. The van der Waals surface area contributed by atoms with E-state index in [4.69, 9.17) is 14.2 Å². The summed E-state index contributed by atoms with van der Waals surface area (Å²) in [5.74, 6) is 1.88. The minimum absolute atomic E-state index is 0.0471. The molecule has 0 saturated carbocycles. The Bertz CT molecular complexity index is 1140. The van der Waals surface area contributed by atoms with Crippen LogP contribution in [0.1, 0.15) is 40.9 Å². The third-order valence-corrected chi connectivity index (χ3v) is 5.75. The summed E-state index contributed by atoms with van der Waals surface area (Å²) in [5.41, 5.74) is 3.46. The van der Waals surface area contributed by atoms with Crippen molar-refractivity contribution in [2.24, 2.45) is 0 Å². The molecule has 0 atom stereocenters. The number of ketones is 1. The highest BCUT2D eigenvalue weighted by atomic mass is 16.5. The number of hydrogen-bond donors (Lipinski definition) is 0. The minimum Gasteiger partial charge on any atom is -0.490 e. The summed E-state index contributed by atoms with van der Waals surface area (Å²) in [6.45, 7) is 6.08. The first-order chi connectivity index (χ1) is 16.6. The Morgan fingerprint density at radius 2 is 1.41 bits per heavy atom. The van der Waals surface area contributed by atoms with Gasteiger partial charge in [0.05, 0.1) is 13.2 Å². The van der Waals surface area contributed by atoms with Crippen LogP contribution in [0.5, 0.6) is 17.2 Å². The van der Waals surface area contributed by atoms with Crippen molar-refractivity contribution in [1.29, 1.82) is 0 Å². The molecule has 6 heteroatoms. The Kier molecular flexibility index (Phi) is 7.48. The van der Waals surface area contributed by atoms with Gasteiger partial charge in [0.2, 0.25) is 0 Å². The van der Waals surface area contributed by atoms with Gasteiger partial charge in [-0.3, -0.25) is 9.59 Å². The largest absolute Gasteiger partial charge is 0.490 e. The fourth-order valence-electron chi connectivity index (χ4n) is 4.01. The van der Waals surface area contributed by atoms with Crippen molar-refractivity contribution in [1.82, 2.24) is 4.90 Å². The monoisotopic (exact) mass is 459 g/mol. The maximum absolute atomic E-state index is 12.8. The van der Waals surface area contributed by atoms with Crippen LogP contribution < -0.4 is 14.2 Å².